The summed E-state index contributed by atoms with van der Waals surface area (Å²) in [6, 6.07) is 4.13. The minimum atomic E-state index is -0.462. The van der Waals surface area contributed by atoms with E-state index in [2.05, 4.69) is 10.6 Å². The zero-order chi connectivity index (χ0) is 13.7. The molecule has 1 atom stereocenters. The lowest BCUT2D eigenvalue weighted by atomic mass is 9.99. The topological polar surface area (TPSA) is 50.4 Å². The van der Waals surface area contributed by atoms with Crippen molar-refractivity contribution in [3.8, 4) is 5.75 Å². The third kappa shape index (κ3) is 3.67. The third-order valence-electron chi connectivity index (χ3n) is 3.36. The molecule has 1 aromatic carbocycles. The molecule has 1 fully saturated rings. The molecule has 0 bridgehead atoms. The van der Waals surface area contributed by atoms with Crippen LogP contribution < -0.4 is 15.4 Å². The third-order valence-corrected chi connectivity index (χ3v) is 3.36. The van der Waals surface area contributed by atoms with E-state index in [1.807, 2.05) is 0 Å². The van der Waals surface area contributed by atoms with Crippen molar-refractivity contribution in [1.82, 2.24) is 10.6 Å². The van der Waals surface area contributed by atoms with Crippen LogP contribution in [0, 0.1) is 11.7 Å². The number of methoxy groups -OCH3 is 1. The van der Waals surface area contributed by atoms with E-state index in [-0.39, 0.29) is 11.7 Å². The van der Waals surface area contributed by atoms with Gasteiger partial charge >= 0.3 is 0 Å². The highest BCUT2D eigenvalue weighted by atomic mass is 19.1. The Morgan fingerprint density at radius 1 is 1.58 bits per heavy atom. The summed E-state index contributed by atoms with van der Waals surface area (Å²) in [5, 5.41) is 6.19. The summed E-state index contributed by atoms with van der Waals surface area (Å²) in [5.74, 6) is -0.0913. The standard InChI is InChI=1S/C14H19FN2O2/c1-19-13-7-11(4-5-12(13)15)14(18)17-9-10-3-2-6-16-8-10/h4-5,7,10,16H,2-3,6,8-9H2,1H3,(H,17,18). The van der Waals surface area contributed by atoms with E-state index in [9.17, 15) is 9.18 Å². The number of halogens is 1. The van der Waals surface area contributed by atoms with Gasteiger partial charge in [-0.15, -0.1) is 0 Å². The van der Waals surface area contributed by atoms with E-state index < -0.39 is 5.82 Å². The molecule has 104 valence electrons. The monoisotopic (exact) mass is 266 g/mol. The Labute approximate surface area is 112 Å². The van der Waals surface area contributed by atoms with Crippen molar-refractivity contribution in [1.29, 1.82) is 0 Å². The SMILES string of the molecule is COc1cc(C(=O)NCC2CCCNC2)ccc1F. The number of hydrogen-bond donors (Lipinski definition) is 2. The van der Waals surface area contributed by atoms with Crippen LogP contribution in [0.25, 0.3) is 0 Å². The van der Waals surface area contributed by atoms with Gasteiger partial charge in [0, 0.05) is 12.1 Å². The Morgan fingerprint density at radius 3 is 3.11 bits per heavy atom. The van der Waals surface area contributed by atoms with Crippen molar-refractivity contribution in [2.45, 2.75) is 12.8 Å². The van der Waals surface area contributed by atoms with Crippen molar-refractivity contribution < 1.29 is 13.9 Å². The molecule has 0 radical (unpaired) electrons. The first-order valence-electron chi connectivity index (χ1n) is 6.53. The van der Waals surface area contributed by atoms with Crippen molar-refractivity contribution in [3.63, 3.8) is 0 Å². The molecule has 0 aromatic heterocycles. The molecule has 0 saturated carbocycles. The number of carbonyl (C=O) groups is 1. The van der Waals surface area contributed by atoms with Crippen LogP contribution in [0.1, 0.15) is 23.2 Å². The molecule has 2 rings (SSSR count). The van der Waals surface area contributed by atoms with E-state index >= 15 is 0 Å². The summed E-state index contributed by atoms with van der Waals surface area (Å²) < 4.78 is 18.1. The van der Waals surface area contributed by atoms with Gasteiger partial charge in [0.2, 0.25) is 0 Å². The second kappa shape index (κ2) is 6.52. The average Bonchev–Trinajstić information content (AvgIpc) is 2.46. The quantitative estimate of drug-likeness (QED) is 0.869. The molecule has 1 heterocycles. The van der Waals surface area contributed by atoms with Gasteiger partial charge in [0.1, 0.15) is 0 Å². The molecule has 0 spiro atoms. The molecule has 1 aliphatic heterocycles. The Bertz CT molecular complexity index is 445. The van der Waals surface area contributed by atoms with Crippen LogP contribution in [-0.2, 0) is 0 Å². The van der Waals surface area contributed by atoms with E-state index in [1.165, 1.54) is 25.3 Å². The lowest BCUT2D eigenvalue weighted by Crippen LogP contribution is -2.38. The van der Waals surface area contributed by atoms with Gasteiger partial charge < -0.3 is 15.4 Å². The average molecular weight is 266 g/mol. The fraction of sp³-hybridized carbons (Fsp3) is 0.500. The molecular formula is C14H19FN2O2. The van der Waals surface area contributed by atoms with Gasteiger partial charge in [0.05, 0.1) is 7.11 Å². The predicted molar refractivity (Wildman–Crippen MR) is 70.9 cm³/mol. The second-order valence-corrected chi connectivity index (χ2v) is 4.77. The van der Waals surface area contributed by atoms with E-state index in [1.54, 1.807) is 0 Å². The number of carbonyl (C=O) groups excluding carboxylic acids is 1. The molecule has 1 saturated heterocycles. The Kier molecular flexibility index (Phi) is 4.74. The van der Waals surface area contributed by atoms with Gasteiger partial charge in [-0.05, 0) is 50.0 Å². The number of ether oxygens (including phenoxy) is 1. The minimum absolute atomic E-state index is 0.0898. The normalized spacial score (nSPS) is 18.9. The van der Waals surface area contributed by atoms with Crippen molar-refractivity contribution in [3.05, 3.63) is 29.6 Å². The van der Waals surface area contributed by atoms with Gasteiger partial charge in [-0.3, -0.25) is 4.79 Å². The number of benzene rings is 1. The van der Waals surface area contributed by atoms with Crippen molar-refractivity contribution >= 4 is 5.91 Å². The zero-order valence-electron chi connectivity index (χ0n) is 11.0. The van der Waals surface area contributed by atoms with Crippen molar-refractivity contribution in [2.75, 3.05) is 26.7 Å². The first-order chi connectivity index (χ1) is 9.20. The maximum absolute atomic E-state index is 13.2. The van der Waals surface area contributed by atoms with Crippen LogP contribution in [0.4, 0.5) is 4.39 Å². The van der Waals surface area contributed by atoms with Gasteiger partial charge in [-0.25, -0.2) is 4.39 Å². The van der Waals surface area contributed by atoms with Crippen LogP contribution in [0.15, 0.2) is 18.2 Å². The first kappa shape index (κ1) is 13.8. The molecular weight excluding hydrogens is 247 g/mol. The largest absolute Gasteiger partial charge is 0.494 e. The number of amides is 1. The molecule has 1 aliphatic rings. The van der Waals surface area contributed by atoms with Gasteiger partial charge in [0.15, 0.2) is 11.6 Å². The fourth-order valence-corrected chi connectivity index (χ4v) is 2.24. The van der Waals surface area contributed by atoms with Gasteiger partial charge in [0.25, 0.3) is 5.91 Å². The molecule has 5 heteroatoms. The molecule has 0 aliphatic carbocycles. The van der Waals surface area contributed by atoms with E-state index in [0.717, 1.165) is 25.9 Å². The maximum Gasteiger partial charge on any atom is 0.251 e. The summed E-state index contributed by atoms with van der Waals surface area (Å²) in [7, 11) is 1.38. The van der Waals surface area contributed by atoms with E-state index in [0.29, 0.717) is 18.0 Å². The molecule has 19 heavy (non-hydrogen) atoms. The molecule has 1 aromatic rings. The summed E-state index contributed by atoms with van der Waals surface area (Å²) in [6.07, 6.45) is 2.27. The fourth-order valence-electron chi connectivity index (χ4n) is 2.24. The minimum Gasteiger partial charge on any atom is -0.494 e. The lowest BCUT2D eigenvalue weighted by Gasteiger charge is -2.22. The molecule has 1 amide bonds. The van der Waals surface area contributed by atoms with Gasteiger partial charge in [-0.2, -0.15) is 0 Å². The summed E-state index contributed by atoms with van der Waals surface area (Å²) in [6.45, 7) is 2.64. The summed E-state index contributed by atoms with van der Waals surface area (Å²) in [4.78, 5) is 12.0. The predicted octanol–water partition coefficient (Wildman–Crippen LogP) is 1.56. The molecule has 2 N–H and O–H groups in total. The van der Waals surface area contributed by atoms with Crippen molar-refractivity contribution in [2.24, 2.45) is 5.92 Å². The van der Waals surface area contributed by atoms with Gasteiger partial charge in [-0.1, -0.05) is 0 Å². The summed E-state index contributed by atoms with van der Waals surface area (Å²) in [5.41, 5.74) is 0.419. The molecule has 4 nitrogen and oxygen atoms in total. The Hall–Kier alpha value is -1.62. The van der Waals surface area contributed by atoms with Crippen LogP contribution in [0.2, 0.25) is 0 Å². The van der Waals surface area contributed by atoms with Crippen LogP contribution in [-0.4, -0.2) is 32.7 Å². The maximum atomic E-state index is 13.2. The van der Waals surface area contributed by atoms with E-state index in [4.69, 9.17) is 4.74 Å². The first-order valence-corrected chi connectivity index (χ1v) is 6.53. The molecule has 1 unspecified atom stereocenters. The highest BCUT2D eigenvalue weighted by Gasteiger charge is 2.15. The summed E-state index contributed by atoms with van der Waals surface area (Å²) >= 11 is 0. The van der Waals surface area contributed by atoms with Crippen LogP contribution in [0.3, 0.4) is 0 Å². The highest BCUT2D eigenvalue weighted by Crippen LogP contribution is 2.18. The number of rotatable bonds is 4. The van der Waals surface area contributed by atoms with Crippen LogP contribution in [0.5, 0.6) is 5.75 Å². The second-order valence-electron chi connectivity index (χ2n) is 4.77. The van der Waals surface area contributed by atoms with Crippen LogP contribution >= 0.6 is 0 Å². The Balaban J connectivity index is 1.92. The smallest absolute Gasteiger partial charge is 0.251 e. The number of hydrogen-bond acceptors (Lipinski definition) is 3. The number of piperidine rings is 1. The lowest BCUT2D eigenvalue weighted by molar-refractivity contribution is 0.0944. The Morgan fingerprint density at radius 2 is 2.42 bits per heavy atom. The zero-order valence-corrected chi connectivity index (χ0v) is 11.0. The highest BCUT2D eigenvalue weighted by molar-refractivity contribution is 5.94. The number of nitrogens with one attached hydrogen (secondary N) is 2.